The van der Waals surface area contributed by atoms with Crippen LogP contribution in [0, 0.1) is 0 Å². The van der Waals surface area contributed by atoms with E-state index in [1.54, 1.807) is 17.1 Å². The molecule has 2 aromatic rings. The zero-order chi connectivity index (χ0) is 17.2. The standard InChI is InChI=1S/C17H23N3O3S/c1-13(2)20-11-16(18-12-20)24(21,22)19-17(15-9-6-10-23-15)14-7-4-3-5-8-14/h3-5,7-8,11-13,15,17,19H,6,9-10H2,1-2H3/t15-,17+/m1/s1. The van der Waals surface area contributed by atoms with Crippen LogP contribution in [0.25, 0.3) is 0 Å². The molecule has 3 rings (SSSR count). The Bertz CT molecular complexity index is 765. The monoisotopic (exact) mass is 349 g/mol. The molecule has 1 aromatic heterocycles. The van der Waals surface area contributed by atoms with E-state index in [0.717, 1.165) is 18.4 Å². The number of hydrogen-bond acceptors (Lipinski definition) is 4. The van der Waals surface area contributed by atoms with Crippen LogP contribution in [-0.4, -0.2) is 30.7 Å². The van der Waals surface area contributed by atoms with Crippen LogP contribution in [0.2, 0.25) is 0 Å². The van der Waals surface area contributed by atoms with Gasteiger partial charge in [0, 0.05) is 18.8 Å². The Hall–Kier alpha value is -1.70. The molecule has 0 amide bonds. The SMILES string of the molecule is CC(C)n1cnc(S(=O)(=O)N[C@@H](c2ccccc2)[C@H]2CCCO2)c1. The van der Waals surface area contributed by atoms with Crippen molar-refractivity contribution >= 4 is 10.0 Å². The molecule has 2 atom stereocenters. The molecule has 6 nitrogen and oxygen atoms in total. The van der Waals surface area contributed by atoms with E-state index >= 15 is 0 Å². The van der Waals surface area contributed by atoms with Crippen LogP contribution in [0.4, 0.5) is 0 Å². The van der Waals surface area contributed by atoms with E-state index in [4.69, 9.17) is 4.74 Å². The van der Waals surface area contributed by atoms with Crippen LogP contribution >= 0.6 is 0 Å². The van der Waals surface area contributed by atoms with Gasteiger partial charge in [-0.25, -0.2) is 13.4 Å². The summed E-state index contributed by atoms with van der Waals surface area (Å²) in [6, 6.07) is 9.29. The van der Waals surface area contributed by atoms with Gasteiger partial charge in [-0.2, -0.15) is 4.72 Å². The van der Waals surface area contributed by atoms with Crippen LogP contribution in [0.5, 0.6) is 0 Å². The smallest absolute Gasteiger partial charge is 0.260 e. The molecule has 1 N–H and O–H groups in total. The Kier molecular flexibility index (Phi) is 5.03. The average Bonchev–Trinajstić information content (AvgIpc) is 3.25. The third-order valence-corrected chi connectivity index (χ3v) is 5.55. The molecule has 0 unspecified atom stereocenters. The topological polar surface area (TPSA) is 73.2 Å². The highest BCUT2D eigenvalue weighted by atomic mass is 32.2. The number of nitrogens with one attached hydrogen (secondary N) is 1. The van der Waals surface area contributed by atoms with E-state index < -0.39 is 16.1 Å². The van der Waals surface area contributed by atoms with Gasteiger partial charge in [-0.05, 0) is 32.3 Å². The fourth-order valence-electron chi connectivity index (χ4n) is 2.85. The molecule has 1 aromatic carbocycles. The Morgan fingerprint density at radius 2 is 2.04 bits per heavy atom. The van der Waals surface area contributed by atoms with Crippen molar-refractivity contribution in [1.29, 1.82) is 0 Å². The Morgan fingerprint density at radius 1 is 1.29 bits per heavy atom. The molecule has 2 heterocycles. The van der Waals surface area contributed by atoms with Crippen molar-refractivity contribution in [2.24, 2.45) is 0 Å². The molecule has 0 saturated carbocycles. The second-order valence-electron chi connectivity index (χ2n) is 6.31. The second kappa shape index (κ2) is 7.04. The number of aromatic nitrogens is 2. The van der Waals surface area contributed by atoms with Gasteiger partial charge in [0.1, 0.15) is 0 Å². The maximum atomic E-state index is 12.8. The summed E-state index contributed by atoms with van der Waals surface area (Å²) in [5.41, 5.74) is 0.899. The van der Waals surface area contributed by atoms with Gasteiger partial charge in [0.2, 0.25) is 0 Å². The fourth-order valence-corrected chi connectivity index (χ4v) is 4.04. The number of ether oxygens (including phenoxy) is 1. The maximum absolute atomic E-state index is 12.8. The molecule has 0 aliphatic carbocycles. The van der Waals surface area contributed by atoms with E-state index in [0.29, 0.717) is 6.61 Å². The highest BCUT2D eigenvalue weighted by Crippen LogP contribution is 2.28. The van der Waals surface area contributed by atoms with Crippen molar-refractivity contribution < 1.29 is 13.2 Å². The predicted molar refractivity (Wildman–Crippen MR) is 91.1 cm³/mol. The summed E-state index contributed by atoms with van der Waals surface area (Å²) in [5, 5.41) is 0.0372. The highest BCUT2D eigenvalue weighted by molar-refractivity contribution is 7.89. The molecule has 0 spiro atoms. The van der Waals surface area contributed by atoms with E-state index in [1.165, 1.54) is 0 Å². The first-order chi connectivity index (χ1) is 11.5. The van der Waals surface area contributed by atoms with E-state index in [-0.39, 0.29) is 17.2 Å². The first-order valence-electron chi connectivity index (χ1n) is 8.20. The Labute approximate surface area is 142 Å². The first kappa shape index (κ1) is 17.1. The summed E-state index contributed by atoms with van der Waals surface area (Å²) in [5.74, 6) is 0. The first-order valence-corrected chi connectivity index (χ1v) is 9.68. The Balaban J connectivity index is 1.88. The lowest BCUT2D eigenvalue weighted by Gasteiger charge is -2.24. The summed E-state index contributed by atoms with van der Waals surface area (Å²) < 4.78 is 35.8. The zero-order valence-electron chi connectivity index (χ0n) is 13.9. The van der Waals surface area contributed by atoms with Gasteiger partial charge in [-0.3, -0.25) is 0 Å². The normalized spacial score (nSPS) is 19.7. The van der Waals surface area contributed by atoms with Crippen molar-refractivity contribution in [3.05, 3.63) is 48.4 Å². The molecule has 1 aliphatic rings. The van der Waals surface area contributed by atoms with Gasteiger partial charge in [0.05, 0.1) is 18.5 Å². The molecule has 1 aliphatic heterocycles. The molecule has 1 saturated heterocycles. The van der Waals surface area contributed by atoms with Crippen LogP contribution in [0.3, 0.4) is 0 Å². The lowest BCUT2D eigenvalue weighted by molar-refractivity contribution is 0.0852. The fraction of sp³-hybridized carbons (Fsp3) is 0.471. The van der Waals surface area contributed by atoms with Crippen molar-refractivity contribution in [2.45, 2.75) is 49.9 Å². The number of hydrogen-bond donors (Lipinski definition) is 1. The quantitative estimate of drug-likeness (QED) is 0.870. The van der Waals surface area contributed by atoms with Gasteiger partial charge in [0.25, 0.3) is 10.0 Å². The number of benzene rings is 1. The number of rotatable bonds is 6. The van der Waals surface area contributed by atoms with Gasteiger partial charge in [-0.15, -0.1) is 0 Å². The highest BCUT2D eigenvalue weighted by Gasteiger charge is 2.32. The summed E-state index contributed by atoms with van der Waals surface area (Å²) >= 11 is 0. The molecule has 24 heavy (non-hydrogen) atoms. The summed E-state index contributed by atoms with van der Waals surface area (Å²) in [6.07, 6.45) is 4.72. The minimum atomic E-state index is -3.72. The van der Waals surface area contributed by atoms with Gasteiger partial charge in [-0.1, -0.05) is 30.3 Å². The minimum absolute atomic E-state index is 0.0372. The lowest BCUT2D eigenvalue weighted by atomic mass is 10.0. The summed E-state index contributed by atoms with van der Waals surface area (Å²) in [7, 11) is -3.72. The van der Waals surface area contributed by atoms with E-state index in [1.807, 2.05) is 44.2 Å². The maximum Gasteiger partial charge on any atom is 0.260 e. The van der Waals surface area contributed by atoms with E-state index in [2.05, 4.69) is 9.71 Å². The van der Waals surface area contributed by atoms with Crippen molar-refractivity contribution in [2.75, 3.05) is 6.61 Å². The third kappa shape index (κ3) is 3.68. The minimum Gasteiger partial charge on any atom is -0.376 e. The zero-order valence-corrected chi connectivity index (χ0v) is 14.7. The lowest BCUT2D eigenvalue weighted by Crippen LogP contribution is -2.36. The summed E-state index contributed by atoms with van der Waals surface area (Å²) in [6.45, 7) is 4.62. The van der Waals surface area contributed by atoms with Gasteiger partial charge >= 0.3 is 0 Å². The molecular formula is C17H23N3O3S. The molecular weight excluding hydrogens is 326 g/mol. The van der Waals surface area contributed by atoms with Crippen molar-refractivity contribution in [3.63, 3.8) is 0 Å². The van der Waals surface area contributed by atoms with Crippen LogP contribution < -0.4 is 4.72 Å². The van der Waals surface area contributed by atoms with Crippen molar-refractivity contribution in [3.8, 4) is 0 Å². The second-order valence-corrected chi connectivity index (χ2v) is 7.97. The van der Waals surface area contributed by atoms with Crippen LogP contribution in [0.1, 0.15) is 44.3 Å². The Morgan fingerprint density at radius 3 is 2.62 bits per heavy atom. The summed E-state index contributed by atoms with van der Waals surface area (Å²) in [4.78, 5) is 4.05. The van der Waals surface area contributed by atoms with Gasteiger partial charge in [0.15, 0.2) is 5.03 Å². The molecule has 1 fully saturated rings. The van der Waals surface area contributed by atoms with Crippen molar-refractivity contribution in [1.82, 2.24) is 14.3 Å². The van der Waals surface area contributed by atoms with Crippen LogP contribution in [0.15, 0.2) is 47.9 Å². The van der Waals surface area contributed by atoms with E-state index in [9.17, 15) is 8.42 Å². The molecule has 0 radical (unpaired) electrons. The third-order valence-electron chi connectivity index (χ3n) is 4.23. The molecule has 7 heteroatoms. The average molecular weight is 349 g/mol. The molecule has 0 bridgehead atoms. The number of sulfonamides is 1. The number of nitrogens with zero attached hydrogens (tertiary/aromatic N) is 2. The predicted octanol–water partition coefficient (Wildman–Crippen LogP) is 2.66. The van der Waals surface area contributed by atoms with Gasteiger partial charge < -0.3 is 9.30 Å². The number of imidazole rings is 1. The van der Waals surface area contributed by atoms with Crippen LogP contribution in [-0.2, 0) is 14.8 Å². The largest absolute Gasteiger partial charge is 0.376 e. The molecule has 130 valence electrons.